The quantitative estimate of drug-likeness (QED) is 0.299. The van der Waals surface area contributed by atoms with Gasteiger partial charge in [-0.25, -0.2) is 9.97 Å². The second-order valence-electron chi connectivity index (χ2n) is 7.60. The van der Waals surface area contributed by atoms with Crippen LogP contribution in [0.1, 0.15) is 5.56 Å². The summed E-state index contributed by atoms with van der Waals surface area (Å²) in [5, 5.41) is 11.9. The van der Waals surface area contributed by atoms with Gasteiger partial charge >= 0.3 is 0 Å². The third-order valence-electron chi connectivity index (χ3n) is 5.71. The summed E-state index contributed by atoms with van der Waals surface area (Å²) in [5.74, 6) is 0. The number of halogens is 1. The molecule has 6 aromatic rings. The third kappa shape index (κ3) is 2.84. The van der Waals surface area contributed by atoms with Crippen LogP contribution in [0, 0.1) is 11.3 Å². The molecule has 32 heavy (non-hydrogen) atoms. The number of nitrogens with zero attached hydrogens (tertiary/aromatic N) is 4. The topological polar surface area (TPSA) is 54.5 Å². The van der Waals surface area contributed by atoms with E-state index in [0.717, 1.165) is 44.1 Å². The van der Waals surface area contributed by atoms with Gasteiger partial charge in [0, 0.05) is 22.0 Å². The van der Waals surface area contributed by atoms with Crippen molar-refractivity contribution in [1.29, 1.82) is 5.26 Å². The fourth-order valence-corrected chi connectivity index (χ4v) is 4.50. The molecule has 0 saturated heterocycles. The van der Waals surface area contributed by atoms with Crippen molar-refractivity contribution >= 4 is 44.4 Å². The molecule has 0 atom stereocenters. The van der Waals surface area contributed by atoms with Gasteiger partial charge in [-0.2, -0.15) is 5.26 Å². The smallest absolute Gasteiger partial charge is 0.156 e. The van der Waals surface area contributed by atoms with Crippen molar-refractivity contribution in [3.05, 3.63) is 102 Å². The van der Waals surface area contributed by atoms with Gasteiger partial charge in [-0.3, -0.25) is 0 Å². The molecule has 0 saturated carbocycles. The minimum absolute atomic E-state index is 0.368. The Hall–Kier alpha value is -4.20. The number of hydrogen-bond acceptors (Lipinski definition) is 3. The minimum atomic E-state index is 0.368. The van der Waals surface area contributed by atoms with Crippen LogP contribution in [-0.2, 0) is 0 Å². The highest BCUT2D eigenvalue weighted by molar-refractivity contribution is 6.32. The maximum absolute atomic E-state index is 9.47. The highest BCUT2D eigenvalue weighted by atomic mass is 35.5. The summed E-state index contributed by atoms with van der Waals surface area (Å²) in [7, 11) is 0. The molecular formula is C27H15ClN4. The average Bonchev–Trinajstić information content (AvgIpc) is 3.17. The van der Waals surface area contributed by atoms with Crippen LogP contribution in [0.4, 0.5) is 0 Å². The molecule has 0 aliphatic heterocycles. The molecule has 0 unspecified atom stereocenters. The second kappa shape index (κ2) is 7.19. The zero-order valence-electron chi connectivity index (χ0n) is 16.8. The summed E-state index contributed by atoms with van der Waals surface area (Å²) in [4.78, 5) is 9.31. The van der Waals surface area contributed by atoms with E-state index in [4.69, 9.17) is 16.6 Å². The number of rotatable bonds is 2. The van der Waals surface area contributed by atoms with Gasteiger partial charge in [0.15, 0.2) is 5.15 Å². The Morgan fingerprint density at radius 3 is 2.12 bits per heavy atom. The van der Waals surface area contributed by atoms with E-state index in [2.05, 4.69) is 39.9 Å². The first-order valence-corrected chi connectivity index (χ1v) is 10.6. The Balaban J connectivity index is 1.67. The predicted octanol–water partition coefficient (Wildman–Crippen LogP) is 6.92. The highest BCUT2D eigenvalue weighted by Gasteiger charge is 2.16. The molecule has 0 amide bonds. The molecule has 6 rings (SSSR count). The van der Waals surface area contributed by atoms with Gasteiger partial charge in [0.2, 0.25) is 0 Å². The van der Waals surface area contributed by atoms with Crippen molar-refractivity contribution in [2.45, 2.75) is 0 Å². The van der Waals surface area contributed by atoms with E-state index in [0.29, 0.717) is 16.4 Å². The molecule has 0 aliphatic carbocycles. The lowest BCUT2D eigenvalue weighted by Crippen LogP contribution is -1.94. The van der Waals surface area contributed by atoms with Crippen molar-refractivity contribution in [2.75, 3.05) is 0 Å². The molecule has 0 spiro atoms. The van der Waals surface area contributed by atoms with Crippen LogP contribution in [0.3, 0.4) is 0 Å². The summed E-state index contributed by atoms with van der Waals surface area (Å²) in [6, 6.07) is 32.1. The molecule has 2 aromatic heterocycles. The normalized spacial score (nSPS) is 11.2. The number of aromatic nitrogens is 3. The van der Waals surface area contributed by atoms with Gasteiger partial charge in [0.25, 0.3) is 0 Å². The summed E-state index contributed by atoms with van der Waals surface area (Å²) in [6.45, 7) is 0. The van der Waals surface area contributed by atoms with Crippen LogP contribution in [0.2, 0.25) is 5.15 Å². The Morgan fingerprint density at radius 2 is 1.38 bits per heavy atom. The maximum atomic E-state index is 9.47. The molecule has 2 heterocycles. The van der Waals surface area contributed by atoms with Crippen LogP contribution in [0.25, 0.3) is 49.8 Å². The predicted molar refractivity (Wildman–Crippen MR) is 129 cm³/mol. The Labute approximate surface area is 189 Å². The lowest BCUT2D eigenvalue weighted by molar-refractivity contribution is 1.18. The largest absolute Gasteiger partial charge is 0.309 e. The summed E-state index contributed by atoms with van der Waals surface area (Å²) in [6.07, 6.45) is 0. The summed E-state index contributed by atoms with van der Waals surface area (Å²) >= 11 is 6.53. The van der Waals surface area contributed by atoms with Crippen LogP contribution < -0.4 is 0 Å². The standard InChI is InChI=1S/C27H15ClN4/c28-27-26(30-22-8-4-5-9-23(22)31-27)18-11-13-25-21(15-18)20-14-17(16-29)10-12-24(20)32(25)19-6-2-1-3-7-19/h1-15H. The van der Waals surface area contributed by atoms with Gasteiger partial charge in [0.1, 0.15) is 5.69 Å². The van der Waals surface area contributed by atoms with Gasteiger partial charge in [0.05, 0.1) is 33.7 Å². The van der Waals surface area contributed by atoms with E-state index in [-0.39, 0.29) is 0 Å². The van der Waals surface area contributed by atoms with Crippen molar-refractivity contribution in [2.24, 2.45) is 0 Å². The first-order chi connectivity index (χ1) is 15.7. The lowest BCUT2D eigenvalue weighted by Gasteiger charge is -2.08. The number of fused-ring (bicyclic) bond motifs is 4. The average molecular weight is 431 g/mol. The van der Waals surface area contributed by atoms with E-state index in [1.165, 1.54) is 0 Å². The van der Waals surface area contributed by atoms with Crippen molar-refractivity contribution in [3.8, 4) is 23.0 Å². The van der Waals surface area contributed by atoms with E-state index in [9.17, 15) is 5.26 Å². The van der Waals surface area contributed by atoms with Gasteiger partial charge in [-0.1, -0.05) is 48.0 Å². The summed E-state index contributed by atoms with van der Waals surface area (Å²) in [5.41, 5.74) is 6.87. The molecule has 0 N–H and O–H groups in total. The Morgan fingerprint density at radius 1 is 0.719 bits per heavy atom. The highest BCUT2D eigenvalue weighted by Crippen LogP contribution is 2.36. The molecule has 0 radical (unpaired) electrons. The zero-order chi connectivity index (χ0) is 21.7. The number of para-hydroxylation sites is 3. The molecule has 0 aliphatic rings. The molecule has 4 aromatic carbocycles. The van der Waals surface area contributed by atoms with Crippen molar-refractivity contribution < 1.29 is 0 Å². The van der Waals surface area contributed by atoms with E-state index in [1.807, 2.05) is 66.7 Å². The fourth-order valence-electron chi connectivity index (χ4n) is 4.26. The maximum Gasteiger partial charge on any atom is 0.156 e. The van der Waals surface area contributed by atoms with Crippen LogP contribution in [-0.4, -0.2) is 14.5 Å². The zero-order valence-corrected chi connectivity index (χ0v) is 17.6. The van der Waals surface area contributed by atoms with Gasteiger partial charge in [-0.15, -0.1) is 0 Å². The van der Waals surface area contributed by atoms with Gasteiger partial charge in [-0.05, 0) is 54.6 Å². The second-order valence-corrected chi connectivity index (χ2v) is 7.96. The lowest BCUT2D eigenvalue weighted by atomic mass is 10.1. The minimum Gasteiger partial charge on any atom is -0.309 e. The van der Waals surface area contributed by atoms with E-state index in [1.54, 1.807) is 0 Å². The van der Waals surface area contributed by atoms with Crippen molar-refractivity contribution in [1.82, 2.24) is 14.5 Å². The van der Waals surface area contributed by atoms with Gasteiger partial charge < -0.3 is 4.57 Å². The van der Waals surface area contributed by atoms with Crippen LogP contribution in [0.5, 0.6) is 0 Å². The molecule has 0 bridgehead atoms. The SMILES string of the molecule is N#Cc1ccc2c(c1)c1cc(-c3nc4ccccc4nc3Cl)ccc1n2-c1ccccc1. The Bertz CT molecular complexity index is 1690. The van der Waals surface area contributed by atoms with E-state index < -0.39 is 0 Å². The molecular weight excluding hydrogens is 416 g/mol. The first-order valence-electron chi connectivity index (χ1n) is 10.2. The van der Waals surface area contributed by atoms with Crippen LogP contribution in [0.15, 0.2) is 91.0 Å². The summed E-state index contributed by atoms with van der Waals surface area (Å²) < 4.78 is 2.21. The molecule has 4 nitrogen and oxygen atoms in total. The molecule has 5 heteroatoms. The van der Waals surface area contributed by atoms with Crippen molar-refractivity contribution in [3.63, 3.8) is 0 Å². The molecule has 0 fully saturated rings. The fraction of sp³-hybridized carbons (Fsp3) is 0. The Kier molecular flexibility index (Phi) is 4.17. The number of benzene rings is 4. The number of hydrogen-bond donors (Lipinski definition) is 0. The van der Waals surface area contributed by atoms with E-state index >= 15 is 0 Å². The first kappa shape index (κ1) is 18.6. The number of nitriles is 1. The molecule has 150 valence electrons. The third-order valence-corrected chi connectivity index (χ3v) is 5.97. The monoisotopic (exact) mass is 430 g/mol. The van der Waals surface area contributed by atoms with Crippen LogP contribution >= 0.6 is 11.6 Å².